The van der Waals surface area contributed by atoms with E-state index in [-0.39, 0.29) is 6.42 Å². The highest BCUT2D eigenvalue weighted by atomic mass is 16.4. The summed E-state index contributed by atoms with van der Waals surface area (Å²) in [5.41, 5.74) is 2.41. The van der Waals surface area contributed by atoms with Crippen LogP contribution in [0.3, 0.4) is 0 Å². The summed E-state index contributed by atoms with van der Waals surface area (Å²) in [6.45, 7) is 4.25. The van der Waals surface area contributed by atoms with Crippen molar-refractivity contribution >= 4 is 11.5 Å². The number of aromatic nitrogens is 1. The van der Waals surface area contributed by atoms with E-state index in [9.17, 15) is 4.79 Å². The molecule has 0 atom stereocenters. The van der Waals surface area contributed by atoms with Gasteiger partial charge in [-0.25, -0.2) is 0 Å². The van der Waals surface area contributed by atoms with E-state index >= 15 is 0 Å². The number of hydrogen-bond donors (Lipinski definition) is 1. The van der Waals surface area contributed by atoms with Gasteiger partial charge in [0.2, 0.25) is 0 Å². The summed E-state index contributed by atoms with van der Waals surface area (Å²) >= 11 is 0. The van der Waals surface area contributed by atoms with E-state index in [1.807, 2.05) is 23.9 Å². The number of aliphatic carboxylic acids is 1. The predicted octanol–water partition coefficient (Wildman–Crippen LogP) is 2.93. The minimum atomic E-state index is -0.743. The van der Waals surface area contributed by atoms with Crippen molar-refractivity contribution in [1.82, 2.24) is 4.57 Å². The van der Waals surface area contributed by atoms with Gasteiger partial charge in [-0.05, 0) is 29.5 Å². The number of allylic oxidation sites excluding steroid dienone is 2. The molecule has 0 fully saturated rings. The van der Waals surface area contributed by atoms with Gasteiger partial charge < -0.3 is 9.67 Å². The van der Waals surface area contributed by atoms with Crippen molar-refractivity contribution in [3.8, 4) is 0 Å². The first-order valence-electron chi connectivity index (χ1n) is 5.55. The molecule has 1 heterocycles. The molecule has 0 aromatic carbocycles. The fourth-order valence-corrected chi connectivity index (χ4v) is 1.71. The van der Waals surface area contributed by atoms with Crippen molar-refractivity contribution in [3.05, 3.63) is 30.1 Å². The summed E-state index contributed by atoms with van der Waals surface area (Å²) in [4.78, 5) is 10.5. The first-order chi connectivity index (χ1) is 7.50. The molecule has 0 amide bonds. The lowest BCUT2D eigenvalue weighted by Crippen LogP contribution is -1.96. The molecule has 1 aromatic heterocycles. The van der Waals surface area contributed by atoms with Crippen molar-refractivity contribution in [1.29, 1.82) is 0 Å². The molecule has 0 spiro atoms. The second-order valence-electron chi connectivity index (χ2n) is 4.31. The topological polar surface area (TPSA) is 42.2 Å². The highest BCUT2D eigenvalue weighted by Gasteiger charge is 2.07. The Balaban J connectivity index is 2.79. The average molecular weight is 221 g/mol. The van der Waals surface area contributed by atoms with Crippen LogP contribution in [0.1, 0.15) is 32.3 Å². The van der Waals surface area contributed by atoms with Gasteiger partial charge in [-0.2, -0.15) is 0 Å². The summed E-state index contributed by atoms with van der Waals surface area (Å²) in [6, 6.07) is 2.06. The van der Waals surface area contributed by atoms with Crippen LogP contribution in [0.15, 0.2) is 24.5 Å². The molecule has 0 aliphatic carbocycles. The van der Waals surface area contributed by atoms with Crippen molar-refractivity contribution in [2.45, 2.75) is 26.7 Å². The number of carbonyl (C=O) groups is 1. The van der Waals surface area contributed by atoms with E-state index in [0.717, 1.165) is 0 Å². The minimum absolute atomic E-state index is 0.197. The summed E-state index contributed by atoms with van der Waals surface area (Å²) in [6.07, 6.45) is 6.89. The lowest BCUT2D eigenvalue weighted by molar-refractivity contribution is -0.136. The van der Waals surface area contributed by atoms with E-state index < -0.39 is 5.97 Å². The highest BCUT2D eigenvalue weighted by Crippen LogP contribution is 2.24. The fraction of sp³-hybridized carbons (Fsp3) is 0.462. The van der Waals surface area contributed by atoms with Crippen LogP contribution in [0.2, 0.25) is 0 Å². The third kappa shape index (κ3) is 3.57. The van der Waals surface area contributed by atoms with Crippen LogP contribution >= 0.6 is 0 Å². The maximum Gasteiger partial charge on any atom is 0.303 e. The van der Waals surface area contributed by atoms with Crippen LogP contribution in [-0.2, 0) is 11.8 Å². The molecule has 0 aliphatic heterocycles. The van der Waals surface area contributed by atoms with Gasteiger partial charge >= 0.3 is 5.97 Å². The maximum atomic E-state index is 10.5. The van der Waals surface area contributed by atoms with Gasteiger partial charge in [0, 0.05) is 25.9 Å². The Bertz CT molecular complexity index is 388. The second kappa shape index (κ2) is 5.54. The van der Waals surface area contributed by atoms with Crippen LogP contribution in [-0.4, -0.2) is 15.6 Å². The number of carboxylic acids is 1. The molecule has 0 saturated heterocycles. The van der Waals surface area contributed by atoms with E-state index in [0.29, 0.717) is 12.3 Å². The zero-order valence-corrected chi connectivity index (χ0v) is 10.1. The van der Waals surface area contributed by atoms with Crippen LogP contribution in [0.5, 0.6) is 0 Å². The first-order valence-corrected chi connectivity index (χ1v) is 5.55. The molecule has 3 nitrogen and oxygen atoms in total. The molecule has 1 aromatic rings. The maximum absolute atomic E-state index is 10.5. The van der Waals surface area contributed by atoms with Crippen LogP contribution in [0, 0.1) is 5.92 Å². The zero-order chi connectivity index (χ0) is 12.1. The average Bonchev–Trinajstić information content (AvgIpc) is 2.58. The molecule has 16 heavy (non-hydrogen) atoms. The summed E-state index contributed by atoms with van der Waals surface area (Å²) in [5, 5.41) is 8.61. The predicted molar refractivity (Wildman–Crippen MR) is 65.1 cm³/mol. The van der Waals surface area contributed by atoms with Crippen molar-refractivity contribution in [2.75, 3.05) is 0 Å². The molecule has 0 saturated carbocycles. The Labute approximate surface area is 96.4 Å². The van der Waals surface area contributed by atoms with Gasteiger partial charge in [-0.15, -0.1) is 0 Å². The monoisotopic (exact) mass is 221 g/mol. The molecule has 0 unspecified atom stereocenters. The fourth-order valence-electron chi connectivity index (χ4n) is 1.71. The Morgan fingerprint density at radius 3 is 2.69 bits per heavy atom. The summed E-state index contributed by atoms with van der Waals surface area (Å²) < 4.78 is 2.00. The number of hydrogen-bond acceptors (Lipinski definition) is 1. The minimum Gasteiger partial charge on any atom is -0.481 e. The van der Waals surface area contributed by atoms with Gasteiger partial charge in [0.1, 0.15) is 0 Å². The second-order valence-corrected chi connectivity index (χ2v) is 4.31. The van der Waals surface area contributed by atoms with Crippen LogP contribution in [0.25, 0.3) is 5.57 Å². The third-order valence-electron chi connectivity index (χ3n) is 2.51. The van der Waals surface area contributed by atoms with Crippen molar-refractivity contribution < 1.29 is 9.90 Å². The first kappa shape index (κ1) is 12.6. The van der Waals surface area contributed by atoms with E-state index in [1.54, 1.807) is 0 Å². The summed E-state index contributed by atoms with van der Waals surface area (Å²) in [7, 11) is 1.98. The standard InChI is InChI=1S/C13H19NO2/c1-10(2)12(5-4-6-13(15)16)11-7-8-14(3)9-11/h5,7-10H,4,6H2,1-3H3,(H,15,16)/b12-5+. The number of aryl methyl sites for hydroxylation is 1. The van der Waals surface area contributed by atoms with Gasteiger partial charge in [0.05, 0.1) is 0 Å². The molecule has 1 rings (SSSR count). The molecule has 88 valence electrons. The molecule has 0 bridgehead atoms. The molecular formula is C13H19NO2. The smallest absolute Gasteiger partial charge is 0.303 e. The van der Waals surface area contributed by atoms with Crippen LogP contribution < -0.4 is 0 Å². The van der Waals surface area contributed by atoms with E-state index in [1.165, 1.54) is 11.1 Å². The van der Waals surface area contributed by atoms with Crippen molar-refractivity contribution in [2.24, 2.45) is 13.0 Å². The van der Waals surface area contributed by atoms with Crippen molar-refractivity contribution in [3.63, 3.8) is 0 Å². The highest BCUT2D eigenvalue weighted by molar-refractivity contribution is 5.69. The van der Waals surface area contributed by atoms with Gasteiger partial charge in [-0.1, -0.05) is 19.9 Å². The number of rotatable bonds is 5. The molecule has 1 N–H and O–H groups in total. The third-order valence-corrected chi connectivity index (χ3v) is 2.51. The molecule has 0 radical (unpaired) electrons. The zero-order valence-electron chi connectivity index (χ0n) is 10.1. The van der Waals surface area contributed by atoms with Gasteiger partial charge in [-0.3, -0.25) is 4.79 Å². The van der Waals surface area contributed by atoms with Gasteiger partial charge in [0.15, 0.2) is 0 Å². The molecule has 0 aliphatic rings. The van der Waals surface area contributed by atoms with Crippen LogP contribution in [0.4, 0.5) is 0 Å². The lowest BCUT2D eigenvalue weighted by Gasteiger charge is -2.09. The number of carboxylic acid groups (broad SMARTS) is 1. The molecule has 3 heteroatoms. The number of nitrogens with zero attached hydrogens (tertiary/aromatic N) is 1. The molecular weight excluding hydrogens is 202 g/mol. The Hall–Kier alpha value is -1.51. The largest absolute Gasteiger partial charge is 0.481 e. The SMILES string of the molecule is CC(C)/C(=C\CCC(=O)O)c1ccn(C)c1. The Kier molecular flexibility index (Phi) is 4.35. The van der Waals surface area contributed by atoms with Gasteiger partial charge in [0.25, 0.3) is 0 Å². The van der Waals surface area contributed by atoms with E-state index in [2.05, 4.69) is 26.1 Å². The lowest BCUT2D eigenvalue weighted by atomic mass is 9.96. The quantitative estimate of drug-likeness (QED) is 0.830. The Morgan fingerprint density at radius 1 is 1.56 bits per heavy atom. The Morgan fingerprint density at radius 2 is 2.25 bits per heavy atom. The summed E-state index contributed by atoms with van der Waals surface area (Å²) in [5.74, 6) is -0.330. The normalized spacial score (nSPS) is 12.1. The van der Waals surface area contributed by atoms with E-state index in [4.69, 9.17) is 5.11 Å².